The number of nitrogens with one attached hydrogen (secondary N) is 1. The van der Waals surface area contributed by atoms with Crippen LogP contribution in [-0.4, -0.2) is 35.5 Å². The number of thioether (sulfide) groups is 1. The van der Waals surface area contributed by atoms with Gasteiger partial charge >= 0.3 is 0 Å². The summed E-state index contributed by atoms with van der Waals surface area (Å²) in [6.07, 6.45) is 3.39. The summed E-state index contributed by atoms with van der Waals surface area (Å²) in [6.45, 7) is 1.12. The highest BCUT2D eigenvalue weighted by Gasteiger charge is 2.25. The Morgan fingerprint density at radius 1 is 1.20 bits per heavy atom. The predicted molar refractivity (Wildman–Crippen MR) is 98.6 cm³/mol. The molecule has 0 radical (unpaired) electrons. The van der Waals surface area contributed by atoms with Crippen LogP contribution in [0, 0.1) is 0 Å². The van der Waals surface area contributed by atoms with Crippen molar-refractivity contribution < 1.29 is 14.3 Å². The number of nitrogens with zero attached hydrogens (tertiary/aromatic N) is 2. The normalized spacial score (nSPS) is 15.3. The molecule has 6 nitrogen and oxygen atoms in total. The Balaban J connectivity index is 1.65. The Labute approximate surface area is 149 Å². The molecule has 1 aromatic heterocycles. The zero-order valence-electron chi connectivity index (χ0n) is 13.6. The summed E-state index contributed by atoms with van der Waals surface area (Å²) in [5.74, 6) is 1.53. The number of hydrogen-bond donors (Lipinski definition) is 1. The van der Waals surface area contributed by atoms with E-state index in [9.17, 15) is 9.59 Å². The van der Waals surface area contributed by atoms with Crippen molar-refractivity contribution in [2.24, 2.45) is 0 Å². The van der Waals surface area contributed by atoms with Gasteiger partial charge in [0.05, 0.1) is 12.2 Å². The van der Waals surface area contributed by atoms with E-state index in [0.717, 1.165) is 11.4 Å². The number of benzene rings is 1. The zero-order valence-corrected chi connectivity index (χ0v) is 14.5. The molecular formula is C18H17N3O3S. The van der Waals surface area contributed by atoms with Crippen molar-refractivity contribution in [2.45, 2.75) is 0 Å². The monoisotopic (exact) mass is 355 g/mol. The number of rotatable bonds is 6. The number of carbonyl (C=O) groups is 2. The minimum atomic E-state index is -0.355. The standard InChI is InChI=1S/C18H17N3O3S/c1-21(16-8-4-5-9-19-16)10-11-24-15-7-3-2-6-13(15)12-14-17(22)25-18(23)20-14/h2-9,12H,10-11H2,1H3,(H,20,23). The second-order valence-electron chi connectivity index (χ2n) is 5.36. The Morgan fingerprint density at radius 3 is 2.72 bits per heavy atom. The smallest absolute Gasteiger partial charge is 0.291 e. The maximum absolute atomic E-state index is 11.7. The first-order valence-electron chi connectivity index (χ1n) is 7.72. The zero-order chi connectivity index (χ0) is 17.6. The summed E-state index contributed by atoms with van der Waals surface area (Å²) in [6, 6.07) is 13.1. The van der Waals surface area contributed by atoms with Crippen LogP contribution in [0.3, 0.4) is 0 Å². The van der Waals surface area contributed by atoms with E-state index in [-0.39, 0.29) is 16.1 Å². The molecule has 0 atom stereocenters. The van der Waals surface area contributed by atoms with Crippen LogP contribution in [0.4, 0.5) is 10.6 Å². The molecule has 1 aromatic carbocycles. The highest BCUT2D eigenvalue weighted by atomic mass is 32.2. The van der Waals surface area contributed by atoms with E-state index in [4.69, 9.17) is 4.74 Å². The van der Waals surface area contributed by atoms with Crippen LogP contribution in [-0.2, 0) is 4.79 Å². The predicted octanol–water partition coefficient (Wildman–Crippen LogP) is 2.92. The van der Waals surface area contributed by atoms with E-state index in [1.807, 2.05) is 54.4 Å². The van der Waals surface area contributed by atoms with Crippen molar-refractivity contribution in [1.29, 1.82) is 0 Å². The second-order valence-corrected chi connectivity index (χ2v) is 6.30. The van der Waals surface area contributed by atoms with E-state index < -0.39 is 0 Å². The van der Waals surface area contributed by atoms with Crippen molar-refractivity contribution in [2.75, 3.05) is 25.1 Å². The number of para-hydroxylation sites is 1. The molecule has 0 spiro atoms. The van der Waals surface area contributed by atoms with E-state index in [1.54, 1.807) is 12.3 Å². The summed E-state index contributed by atoms with van der Waals surface area (Å²) in [5.41, 5.74) is 1.02. The van der Waals surface area contributed by atoms with Crippen LogP contribution in [0.5, 0.6) is 5.75 Å². The summed E-state index contributed by atoms with van der Waals surface area (Å²) in [7, 11) is 1.95. The van der Waals surface area contributed by atoms with Gasteiger partial charge in [0, 0.05) is 30.6 Å². The Hall–Kier alpha value is -2.80. The number of pyridine rings is 1. The molecule has 3 rings (SSSR count). The number of carbonyl (C=O) groups excluding carboxylic acids is 2. The molecule has 2 heterocycles. The van der Waals surface area contributed by atoms with E-state index in [2.05, 4.69) is 10.3 Å². The van der Waals surface area contributed by atoms with Gasteiger partial charge in [-0.1, -0.05) is 24.3 Å². The van der Waals surface area contributed by atoms with Crippen LogP contribution in [0.2, 0.25) is 0 Å². The molecule has 1 N–H and O–H groups in total. The lowest BCUT2D eigenvalue weighted by Gasteiger charge is -2.18. The number of aromatic nitrogens is 1. The van der Waals surface area contributed by atoms with Crippen molar-refractivity contribution >= 4 is 34.0 Å². The third-order valence-corrected chi connectivity index (χ3v) is 4.28. The Morgan fingerprint density at radius 2 is 2.00 bits per heavy atom. The molecule has 2 aromatic rings. The molecule has 1 saturated heterocycles. The van der Waals surface area contributed by atoms with Gasteiger partial charge in [-0.3, -0.25) is 9.59 Å². The molecule has 1 fully saturated rings. The largest absolute Gasteiger partial charge is 0.491 e. The molecule has 0 aliphatic carbocycles. The second kappa shape index (κ2) is 7.85. The van der Waals surface area contributed by atoms with Crippen LogP contribution in [0.25, 0.3) is 6.08 Å². The maximum atomic E-state index is 11.7. The lowest BCUT2D eigenvalue weighted by molar-refractivity contribution is -0.107. The summed E-state index contributed by atoms with van der Waals surface area (Å²) in [4.78, 5) is 29.3. The molecule has 0 unspecified atom stereocenters. The molecule has 1 aliphatic rings. The topological polar surface area (TPSA) is 71.5 Å². The van der Waals surface area contributed by atoms with Crippen molar-refractivity contribution in [3.63, 3.8) is 0 Å². The van der Waals surface area contributed by atoms with E-state index >= 15 is 0 Å². The molecular weight excluding hydrogens is 338 g/mol. The lowest BCUT2D eigenvalue weighted by Crippen LogP contribution is -2.24. The molecule has 1 aliphatic heterocycles. The van der Waals surface area contributed by atoms with Gasteiger partial charge < -0.3 is 15.0 Å². The van der Waals surface area contributed by atoms with Crippen LogP contribution in [0.15, 0.2) is 54.4 Å². The van der Waals surface area contributed by atoms with E-state index in [0.29, 0.717) is 30.7 Å². The highest BCUT2D eigenvalue weighted by molar-refractivity contribution is 8.27. The molecule has 0 saturated carbocycles. The van der Waals surface area contributed by atoms with Crippen molar-refractivity contribution in [3.05, 3.63) is 59.9 Å². The number of ether oxygens (including phenoxy) is 1. The number of amides is 1. The van der Waals surface area contributed by atoms with Gasteiger partial charge in [0.25, 0.3) is 5.24 Å². The van der Waals surface area contributed by atoms with Crippen LogP contribution >= 0.6 is 11.8 Å². The van der Waals surface area contributed by atoms with Gasteiger partial charge in [-0.2, -0.15) is 0 Å². The third-order valence-electron chi connectivity index (χ3n) is 3.59. The average Bonchev–Trinajstić information content (AvgIpc) is 2.94. The number of hydrogen-bond acceptors (Lipinski definition) is 6. The third kappa shape index (κ3) is 4.39. The van der Waals surface area contributed by atoms with Gasteiger partial charge in [0.1, 0.15) is 18.2 Å². The summed E-state index contributed by atoms with van der Waals surface area (Å²) < 4.78 is 5.86. The lowest BCUT2D eigenvalue weighted by atomic mass is 10.1. The van der Waals surface area contributed by atoms with Crippen molar-refractivity contribution in [1.82, 2.24) is 10.3 Å². The SMILES string of the molecule is CN(CCOc1ccccc1C=C1NC(=O)SC1=O)c1ccccn1. The first kappa shape index (κ1) is 17.0. The van der Waals surface area contributed by atoms with Gasteiger partial charge in [-0.05, 0) is 24.3 Å². The van der Waals surface area contributed by atoms with Gasteiger partial charge in [0.15, 0.2) is 0 Å². The first-order valence-corrected chi connectivity index (χ1v) is 8.54. The van der Waals surface area contributed by atoms with Gasteiger partial charge in [0.2, 0.25) is 5.12 Å². The van der Waals surface area contributed by atoms with E-state index in [1.165, 1.54) is 0 Å². The summed E-state index contributed by atoms with van der Waals surface area (Å²) >= 11 is 0.661. The highest BCUT2D eigenvalue weighted by Crippen LogP contribution is 2.25. The van der Waals surface area contributed by atoms with Gasteiger partial charge in [-0.15, -0.1) is 0 Å². The fraction of sp³-hybridized carbons (Fsp3) is 0.167. The summed E-state index contributed by atoms with van der Waals surface area (Å²) in [5, 5.41) is 1.90. The fourth-order valence-corrected chi connectivity index (χ4v) is 2.84. The van der Waals surface area contributed by atoms with Crippen LogP contribution < -0.4 is 15.0 Å². The molecule has 1 amide bonds. The van der Waals surface area contributed by atoms with Crippen molar-refractivity contribution in [3.8, 4) is 5.75 Å². The average molecular weight is 355 g/mol. The molecule has 25 heavy (non-hydrogen) atoms. The number of anilines is 1. The number of likely N-dealkylation sites (N-methyl/N-ethyl adjacent to an activating group) is 1. The minimum absolute atomic E-state index is 0.275. The fourth-order valence-electron chi connectivity index (χ4n) is 2.29. The Bertz CT molecular complexity index is 808. The molecule has 7 heteroatoms. The molecule has 0 bridgehead atoms. The molecule has 128 valence electrons. The first-order chi connectivity index (χ1) is 12.1. The van der Waals surface area contributed by atoms with Gasteiger partial charge in [-0.25, -0.2) is 4.98 Å². The quantitative estimate of drug-likeness (QED) is 0.804. The minimum Gasteiger partial charge on any atom is -0.491 e. The Kier molecular flexibility index (Phi) is 5.35. The maximum Gasteiger partial charge on any atom is 0.291 e. The van der Waals surface area contributed by atoms with Crippen LogP contribution in [0.1, 0.15) is 5.56 Å².